The summed E-state index contributed by atoms with van der Waals surface area (Å²) in [6.45, 7) is 0.810. The van der Waals surface area contributed by atoms with Crippen molar-refractivity contribution in [3.8, 4) is 0 Å². The van der Waals surface area contributed by atoms with Crippen LogP contribution in [0.25, 0.3) is 0 Å². The second kappa shape index (κ2) is 5.98. The maximum atomic E-state index is 11.5. The van der Waals surface area contributed by atoms with Crippen LogP contribution in [0.4, 0.5) is 0 Å². The lowest BCUT2D eigenvalue weighted by atomic mass is 10.2. The monoisotopic (exact) mass is 281 g/mol. The number of thioether (sulfide) groups is 1. The first-order valence-corrected chi connectivity index (χ1v) is 7.03. The van der Waals surface area contributed by atoms with E-state index in [0.29, 0.717) is 6.42 Å². The van der Waals surface area contributed by atoms with Gasteiger partial charge in [0.2, 0.25) is 5.91 Å². The van der Waals surface area contributed by atoms with Gasteiger partial charge in [0.1, 0.15) is 0 Å². The van der Waals surface area contributed by atoms with Gasteiger partial charge in [-0.15, -0.1) is 0 Å². The van der Waals surface area contributed by atoms with Gasteiger partial charge >= 0.3 is 0 Å². The highest BCUT2D eigenvalue weighted by Crippen LogP contribution is 2.22. The number of hydrogen-bond acceptors (Lipinski definition) is 3. The Labute approximate surface area is 97.4 Å². The van der Waals surface area contributed by atoms with E-state index in [1.54, 1.807) is 16.7 Å². The molecule has 14 heavy (non-hydrogen) atoms. The van der Waals surface area contributed by atoms with Crippen LogP contribution in [0.5, 0.6) is 0 Å². The number of alkyl halides is 1. The fraction of sp³-hybridized carbons (Fsp3) is 0.889. The standard InChI is InChI=1S/C9H16BrNO2S/c1-14-3-2-8(6-12)11-5-7(10)4-9(11)13/h7-8,12H,2-6H2,1H3/t7?,8-/m0/s1. The van der Waals surface area contributed by atoms with E-state index in [9.17, 15) is 9.90 Å². The van der Waals surface area contributed by atoms with E-state index in [2.05, 4.69) is 15.9 Å². The largest absolute Gasteiger partial charge is 0.394 e. The van der Waals surface area contributed by atoms with E-state index < -0.39 is 0 Å². The predicted molar refractivity (Wildman–Crippen MR) is 62.9 cm³/mol. The normalized spacial score (nSPS) is 24.4. The molecular formula is C9H16BrNO2S. The molecule has 1 aliphatic heterocycles. The smallest absolute Gasteiger partial charge is 0.224 e. The van der Waals surface area contributed by atoms with Gasteiger partial charge in [0.05, 0.1) is 12.6 Å². The first-order chi connectivity index (χ1) is 6.69. The summed E-state index contributed by atoms with van der Waals surface area (Å²) < 4.78 is 0. The first kappa shape index (κ1) is 12.3. The van der Waals surface area contributed by atoms with Gasteiger partial charge in [0.15, 0.2) is 0 Å². The quantitative estimate of drug-likeness (QED) is 0.768. The van der Waals surface area contributed by atoms with Gasteiger partial charge in [-0.05, 0) is 18.4 Å². The molecule has 1 saturated heterocycles. The molecule has 1 heterocycles. The summed E-state index contributed by atoms with van der Waals surface area (Å²) in [6.07, 6.45) is 3.48. The van der Waals surface area contributed by atoms with Gasteiger partial charge < -0.3 is 10.0 Å². The highest BCUT2D eigenvalue weighted by molar-refractivity contribution is 9.09. The molecule has 0 aromatic carbocycles. The summed E-state index contributed by atoms with van der Waals surface area (Å²) in [4.78, 5) is 13.6. The Balaban J connectivity index is 2.47. The second-order valence-corrected chi connectivity index (χ2v) is 5.75. The number of amides is 1. The minimum absolute atomic E-state index is 0.0116. The number of likely N-dealkylation sites (tertiary alicyclic amines) is 1. The van der Waals surface area contributed by atoms with Crippen LogP contribution in [-0.2, 0) is 4.79 Å². The summed E-state index contributed by atoms with van der Waals surface area (Å²) >= 11 is 5.18. The Kier molecular flexibility index (Phi) is 5.26. The summed E-state index contributed by atoms with van der Waals surface area (Å²) in [6, 6.07) is 0.0116. The lowest BCUT2D eigenvalue weighted by molar-refractivity contribution is -0.130. The van der Waals surface area contributed by atoms with Crippen molar-refractivity contribution in [1.29, 1.82) is 0 Å². The molecule has 0 saturated carbocycles. The number of carbonyl (C=O) groups is 1. The molecule has 82 valence electrons. The lowest BCUT2D eigenvalue weighted by Gasteiger charge is -2.25. The van der Waals surface area contributed by atoms with E-state index in [4.69, 9.17) is 0 Å². The van der Waals surface area contributed by atoms with Crippen molar-refractivity contribution in [3.63, 3.8) is 0 Å². The number of aliphatic hydroxyl groups is 1. The van der Waals surface area contributed by atoms with Crippen LogP contribution in [0.2, 0.25) is 0 Å². The third kappa shape index (κ3) is 3.14. The van der Waals surface area contributed by atoms with Crippen molar-refractivity contribution in [1.82, 2.24) is 4.90 Å². The van der Waals surface area contributed by atoms with E-state index in [1.165, 1.54) is 0 Å². The summed E-state index contributed by atoms with van der Waals surface area (Å²) in [5.41, 5.74) is 0. The van der Waals surface area contributed by atoms with Gasteiger partial charge in [-0.3, -0.25) is 4.79 Å². The van der Waals surface area contributed by atoms with Crippen LogP contribution in [0.3, 0.4) is 0 Å². The van der Waals surface area contributed by atoms with E-state index in [0.717, 1.165) is 18.7 Å². The molecule has 3 nitrogen and oxygen atoms in total. The fourth-order valence-electron chi connectivity index (χ4n) is 1.64. The summed E-state index contributed by atoms with van der Waals surface area (Å²) in [7, 11) is 0. The van der Waals surface area contributed by atoms with Crippen LogP contribution >= 0.6 is 27.7 Å². The Hall–Kier alpha value is 0.260. The van der Waals surface area contributed by atoms with Crippen molar-refractivity contribution in [2.75, 3.05) is 25.2 Å². The molecule has 0 bridgehead atoms. The molecule has 5 heteroatoms. The van der Waals surface area contributed by atoms with E-state index in [1.807, 2.05) is 6.26 Å². The van der Waals surface area contributed by atoms with Crippen molar-refractivity contribution in [2.45, 2.75) is 23.7 Å². The van der Waals surface area contributed by atoms with Crippen LogP contribution in [-0.4, -0.2) is 51.9 Å². The van der Waals surface area contributed by atoms with Gasteiger partial charge in [-0.1, -0.05) is 15.9 Å². The lowest BCUT2D eigenvalue weighted by Crippen LogP contribution is -2.39. The SMILES string of the molecule is CSCC[C@@H](CO)N1CC(Br)CC1=O. The van der Waals surface area contributed by atoms with Gasteiger partial charge in [0, 0.05) is 17.8 Å². The van der Waals surface area contributed by atoms with Crippen LogP contribution in [0.1, 0.15) is 12.8 Å². The number of nitrogens with zero attached hydrogens (tertiary/aromatic N) is 1. The topological polar surface area (TPSA) is 40.5 Å². The molecule has 0 spiro atoms. The second-order valence-electron chi connectivity index (χ2n) is 3.47. The fourth-order valence-corrected chi connectivity index (χ4v) is 2.74. The summed E-state index contributed by atoms with van der Waals surface area (Å²) in [5, 5.41) is 9.20. The molecule has 0 aliphatic carbocycles. The predicted octanol–water partition coefficient (Wildman–Crippen LogP) is 1.10. The highest BCUT2D eigenvalue weighted by Gasteiger charge is 2.32. The molecule has 0 radical (unpaired) electrons. The number of rotatable bonds is 5. The average molecular weight is 282 g/mol. The molecule has 1 aliphatic rings. The molecule has 1 fully saturated rings. The third-order valence-corrected chi connectivity index (χ3v) is 3.68. The molecule has 1 rings (SSSR count). The first-order valence-electron chi connectivity index (χ1n) is 4.72. The molecule has 1 N–H and O–H groups in total. The van der Waals surface area contributed by atoms with Crippen molar-refractivity contribution in [3.05, 3.63) is 0 Å². The van der Waals surface area contributed by atoms with Crippen molar-refractivity contribution in [2.24, 2.45) is 0 Å². The van der Waals surface area contributed by atoms with Crippen LogP contribution in [0, 0.1) is 0 Å². The van der Waals surface area contributed by atoms with E-state index in [-0.39, 0.29) is 23.4 Å². The number of aliphatic hydroxyl groups excluding tert-OH is 1. The minimum atomic E-state index is 0.0116. The minimum Gasteiger partial charge on any atom is -0.394 e. The zero-order valence-electron chi connectivity index (χ0n) is 8.28. The number of hydrogen-bond donors (Lipinski definition) is 1. The zero-order valence-corrected chi connectivity index (χ0v) is 10.7. The molecule has 0 aromatic heterocycles. The molecule has 1 amide bonds. The Morgan fingerprint density at radius 3 is 2.93 bits per heavy atom. The van der Waals surface area contributed by atoms with E-state index >= 15 is 0 Å². The number of carbonyl (C=O) groups excluding carboxylic acids is 1. The van der Waals surface area contributed by atoms with Gasteiger partial charge in [0.25, 0.3) is 0 Å². The van der Waals surface area contributed by atoms with Crippen molar-refractivity contribution < 1.29 is 9.90 Å². The third-order valence-electron chi connectivity index (χ3n) is 2.42. The maximum absolute atomic E-state index is 11.5. The number of halogens is 1. The van der Waals surface area contributed by atoms with Gasteiger partial charge in [-0.25, -0.2) is 0 Å². The average Bonchev–Trinajstić information content (AvgIpc) is 2.47. The molecule has 1 unspecified atom stereocenters. The maximum Gasteiger partial charge on any atom is 0.224 e. The Morgan fingerprint density at radius 1 is 1.79 bits per heavy atom. The van der Waals surface area contributed by atoms with Gasteiger partial charge in [-0.2, -0.15) is 11.8 Å². The molecule has 2 atom stereocenters. The summed E-state index contributed by atoms with van der Waals surface area (Å²) in [5.74, 6) is 1.15. The Morgan fingerprint density at radius 2 is 2.50 bits per heavy atom. The Bertz CT molecular complexity index is 203. The van der Waals surface area contributed by atoms with Crippen LogP contribution < -0.4 is 0 Å². The highest BCUT2D eigenvalue weighted by atomic mass is 79.9. The molecule has 0 aromatic rings. The zero-order chi connectivity index (χ0) is 10.6. The molecular weight excluding hydrogens is 266 g/mol. The van der Waals surface area contributed by atoms with Crippen LogP contribution in [0.15, 0.2) is 0 Å². The van der Waals surface area contributed by atoms with Crippen molar-refractivity contribution >= 4 is 33.6 Å².